The van der Waals surface area contributed by atoms with Crippen LogP contribution in [-0.2, 0) is 22.4 Å². The smallest absolute Gasteiger partial charge is 0.328 e. The zero-order valence-corrected chi connectivity index (χ0v) is 45.9. The lowest BCUT2D eigenvalue weighted by Crippen LogP contribution is -2.50. The normalized spacial score (nSPS) is 14.9. The molecule has 8 N–H and O–H groups in total. The van der Waals surface area contributed by atoms with E-state index in [9.17, 15) is 39.0 Å². The minimum atomic E-state index is -1.54. The molecule has 6 amide bonds. The lowest BCUT2D eigenvalue weighted by Gasteiger charge is -2.22. The van der Waals surface area contributed by atoms with Gasteiger partial charge in [-0.15, -0.1) is 0 Å². The van der Waals surface area contributed by atoms with Gasteiger partial charge in [-0.25, -0.2) is 33.8 Å². The number of nitrogens with zero attached hydrogens (tertiary/aromatic N) is 5. The number of aliphatic carboxylic acids is 2. The van der Waals surface area contributed by atoms with Gasteiger partial charge in [0.1, 0.15) is 12.1 Å². The topological polar surface area (TPSA) is 262 Å². The molecule has 10 rings (SSSR count). The zero-order chi connectivity index (χ0) is 57.1. The third kappa shape index (κ3) is 12.1. The molecule has 0 fully saturated rings. The SMILES string of the molecule is CN(c1ncc2ccccc2n1)c1ccc(Cl)c(C(=O)N[C@@H](CNC(=O)N[C@@H]2CCc3cc(-c4ccc(-c5cnn(-c6ccc(Cl)c(C(=O)N[C@@H](CNC(=O)N[C@@H]7CCc8ccccc87)C(=O)O)c6Cl)c5)cc4)ccc32)C(=O)O)c1Cl. The monoisotopic (exact) mass is 1170 g/mol. The Bertz CT molecular complexity index is 3810. The number of fused-ring (bicyclic) bond motifs is 3. The first-order valence-electron chi connectivity index (χ1n) is 25.4. The standard InChI is InChI=1S/C58H49Cl4N11O8/c1-72(56-63-25-35-7-3-5-9-41(35)69-56)46-22-18-39(59)48(50(46)61)52(74)67-44(54(76)77)27-65-58(81)71-43-21-16-34-24-33(14-17-38(34)43)30-10-12-31(13-11-30)36-26-66-73(29-36)47-23-19-40(60)49(51(47)62)53(75)68-45(55(78)79)28-64-57(80)70-42-20-15-32-6-2-4-8-37(32)42/h2-14,17-19,22-26,29,42-45H,15-16,20-21,27-28H2,1H3,(H,67,74)(H,68,75)(H,76,77)(H,78,79)(H2,64,70,80)(H2,65,71,81)/t42-,43-,44+,45+/m1/s1. The number of benzene rings is 6. The number of rotatable bonds is 17. The molecule has 81 heavy (non-hydrogen) atoms. The number of amides is 6. The van der Waals surface area contributed by atoms with Gasteiger partial charge in [0.25, 0.3) is 11.8 Å². The molecule has 0 aliphatic heterocycles. The molecule has 0 unspecified atom stereocenters. The number of nitrogens with one attached hydrogen (secondary N) is 6. The Balaban J connectivity index is 0.731. The fraction of sp³-hybridized carbons (Fsp3) is 0.190. The van der Waals surface area contributed by atoms with Crippen molar-refractivity contribution < 1.29 is 39.0 Å². The quantitative estimate of drug-likeness (QED) is 0.0424. The molecule has 19 nitrogen and oxygen atoms in total. The number of aryl methyl sites for hydroxylation is 2. The van der Waals surface area contributed by atoms with Crippen molar-refractivity contribution in [3.8, 4) is 27.9 Å². The van der Waals surface area contributed by atoms with Gasteiger partial charge in [0, 0.05) is 30.4 Å². The highest BCUT2D eigenvalue weighted by atomic mass is 35.5. The maximum atomic E-state index is 13.6. The number of para-hydroxylation sites is 1. The van der Waals surface area contributed by atoms with E-state index in [4.69, 9.17) is 46.4 Å². The van der Waals surface area contributed by atoms with E-state index in [0.717, 1.165) is 56.3 Å². The Morgan fingerprint density at radius 3 is 1.84 bits per heavy atom. The van der Waals surface area contributed by atoms with Crippen molar-refractivity contribution in [3.63, 3.8) is 0 Å². The summed E-state index contributed by atoms with van der Waals surface area (Å²) in [6.45, 7) is -0.863. The molecular weight excluding hydrogens is 1120 g/mol. The van der Waals surface area contributed by atoms with Crippen molar-refractivity contribution in [2.24, 2.45) is 0 Å². The van der Waals surface area contributed by atoms with Gasteiger partial charge in [-0.2, -0.15) is 5.10 Å². The Labute approximate surface area is 483 Å². The molecule has 4 atom stereocenters. The van der Waals surface area contributed by atoms with Crippen LogP contribution in [0.2, 0.25) is 20.1 Å². The summed E-state index contributed by atoms with van der Waals surface area (Å²) in [7, 11) is 1.67. The summed E-state index contributed by atoms with van der Waals surface area (Å²) in [5.74, 6) is -4.20. The number of carbonyl (C=O) groups excluding carboxylic acids is 4. The molecule has 0 radical (unpaired) electrons. The molecule has 6 aromatic carbocycles. The minimum absolute atomic E-state index is 0.0189. The van der Waals surface area contributed by atoms with Crippen LogP contribution in [0, 0.1) is 0 Å². The number of carboxylic acid groups (broad SMARTS) is 2. The summed E-state index contributed by atoms with van der Waals surface area (Å²) in [6.07, 6.45) is 7.81. The number of hydrogen-bond acceptors (Lipinski definition) is 10. The fourth-order valence-corrected chi connectivity index (χ4v) is 11.2. The van der Waals surface area contributed by atoms with E-state index in [1.807, 2.05) is 84.9 Å². The van der Waals surface area contributed by atoms with E-state index in [2.05, 4.69) is 53.0 Å². The highest BCUT2D eigenvalue weighted by molar-refractivity contribution is 6.42. The largest absolute Gasteiger partial charge is 0.480 e. The van der Waals surface area contributed by atoms with Gasteiger partial charge in [-0.05, 0) is 95.0 Å². The predicted molar refractivity (Wildman–Crippen MR) is 308 cm³/mol. The summed E-state index contributed by atoms with van der Waals surface area (Å²) in [5.41, 5.74) is 8.52. The summed E-state index contributed by atoms with van der Waals surface area (Å²) in [5, 5.41) is 41.0. The third-order valence-corrected chi connectivity index (χ3v) is 15.6. The van der Waals surface area contributed by atoms with Crippen LogP contribution in [0.1, 0.15) is 67.9 Å². The third-order valence-electron chi connectivity index (χ3n) is 14.2. The highest BCUT2D eigenvalue weighted by Crippen LogP contribution is 2.38. The van der Waals surface area contributed by atoms with E-state index in [1.54, 1.807) is 42.7 Å². The molecule has 2 heterocycles. The van der Waals surface area contributed by atoms with E-state index in [0.29, 0.717) is 42.1 Å². The molecule has 0 saturated carbocycles. The van der Waals surface area contributed by atoms with Crippen LogP contribution in [0.4, 0.5) is 21.2 Å². The molecular formula is C58H49Cl4N11O8. The lowest BCUT2D eigenvalue weighted by atomic mass is 9.98. The van der Waals surface area contributed by atoms with Crippen LogP contribution in [0.25, 0.3) is 38.8 Å². The minimum Gasteiger partial charge on any atom is -0.480 e. The highest BCUT2D eigenvalue weighted by Gasteiger charge is 2.31. The van der Waals surface area contributed by atoms with Gasteiger partial charge in [-0.3, -0.25) is 9.59 Å². The average Bonchev–Trinajstić information content (AvgIpc) is 4.42. The van der Waals surface area contributed by atoms with Crippen molar-refractivity contribution in [2.45, 2.75) is 49.9 Å². The zero-order valence-electron chi connectivity index (χ0n) is 42.8. The van der Waals surface area contributed by atoms with Crippen LogP contribution in [-0.4, -0.2) is 98.0 Å². The molecule has 2 aliphatic carbocycles. The molecule has 23 heteroatoms. The molecule has 0 saturated heterocycles. The predicted octanol–water partition coefficient (Wildman–Crippen LogP) is 9.87. The second-order valence-electron chi connectivity index (χ2n) is 19.3. The van der Waals surface area contributed by atoms with Crippen LogP contribution in [0.15, 0.2) is 134 Å². The number of urea groups is 2. The molecule has 0 spiro atoms. The van der Waals surface area contributed by atoms with Gasteiger partial charge in [0.15, 0.2) is 0 Å². The maximum absolute atomic E-state index is 13.6. The van der Waals surface area contributed by atoms with E-state index < -0.39 is 61.0 Å². The fourth-order valence-electron chi connectivity index (χ4n) is 9.95. The number of aromatic nitrogens is 4. The first-order chi connectivity index (χ1) is 39.0. The summed E-state index contributed by atoms with van der Waals surface area (Å²) < 4.78 is 1.48. The second kappa shape index (κ2) is 23.9. The molecule has 0 bridgehead atoms. The van der Waals surface area contributed by atoms with Crippen molar-refractivity contribution in [2.75, 3.05) is 25.0 Å². The number of anilines is 2. The number of carbonyl (C=O) groups is 6. The first kappa shape index (κ1) is 55.6. The van der Waals surface area contributed by atoms with Gasteiger partial charge in [0.05, 0.1) is 79.5 Å². The van der Waals surface area contributed by atoms with Crippen molar-refractivity contribution in [3.05, 3.63) is 187 Å². The van der Waals surface area contributed by atoms with Crippen molar-refractivity contribution in [1.29, 1.82) is 0 Å². The number of carboxylic acids is 2. The molecule has 412 valence electrons. The van der Waals surface area contributed by atoms with E-state index in [1.165, 1.54) is 16.8 Å². The van der Waals surface area contributed by atoms with Crippen LogP contribution in [0.3, 0.4) is 0 Å². The summed E-state index contributed by atoms with van der Waals surface area (Å²) >= 11 is 26.5. The Morgan fingerprint density at radius 1 is 0.630 bits per heavy atom. The average molecular weight is 1170 g/mol. The maximum Gasteiger partial charge on any atom is 0.328 e. The lowest BCUT2D eigenvalue weighted by molar-refractivity contribution is -0.140. The Kier molecular flexibility index (Phi) is 16.4. The Morgan fingerprint density at radius 2 is 1.19 bits per heavy atom. The van der Waals surface area contributed by atoms with E-state index in [-0.39, 0.29) is 43.3 Å². The van der Waals surface area contributed by atoms with Crippen molar-refractivity contribution >= 4 is 105 Å². The second-order valence-corrected chi connectivity index (χ2v) is 20.9. The summed E-state index contributed by atoms with van der Waals surface area (Å²) in [6, 6.07) is 30.2. The van der Waals surface area contributed by atoms with Crippen LogP contribution in [0.5, 0.6) is 0 Å². The Hall–Kier alpha value is -8.75. The molecule has 2 aliphatic rings. The van der Waals surface area contributed by atoms with Gasteiger partial charge >= 0.3 is 24.0 Å². The summed E-state index contributed by atoms with van der Waals surface area (Å²) in [4.78, 5) is 88.4. The number of halogens is 4. The van der Waals surface area contributed by atoms with Gasteiger partial charge < -0.3 is 47.0 Å². The van der Waals surface area contributed by atoms with Crippen LogP contribution >= 0.6 is 46.4 Å². The molecule has 2 aromatic heterocycles. The van der Waals surface area contributed by atoms with E-state index >= 15 is 0 Å². The van der Waals surface area contributed by atoms with Crippen molar-refractivity contribution in [1.82, 2.24) is 51.6 Å². The van der Waals surface area contributed by atoms with Gasteiger partial charge in [0.2, 0.25) is 5.95 Å². The number of hydrogen-bond donors (Lipinski definition) is 8. The first-order valence-corrected chi connectivity index (χ1v) is 27.0. The van der Waals surface area contributed by atoms with Gasteiger partial charge in [-0.1, -0.05) is 131 Å². The van der Waals surface area contributed by atoms with Crippen LogP contribution < -0.4 is 36.8 Å². The molecule has 8 aromatic rings.